The molecule has 3 heteroatoms. The summed E-state index contributed by atoms with van der Waals surface area (Å²) in [4.78, 5) is 2.40. The van der Waals surface area contributed by atoms with E-state index in [0.29, 0.717) is 6.04 Å². The van der Waals surface area contributed by atoms with Crippen LogP contribution in [0.2, 0.25) is 0 Å². The van der Waals surface area contributed by atoms with Crippen LogP contribution in [-0.4, -0.2) is 48.5 Å². The Hall–Kier alpha value is -0.380. The van der Waals surface area contributed by atoms with E-state index in [-0.39, 0.29) is 6.10 Å². The zero-order valence-corrected chi connectivity index (χ0v) is 9.27. The van der Waals surface area contributed by atoms with Gasteiger partial charge in [0.05, 0.1) is 19.3 Å². The normalized spacial score (nSPS) is 34.7. The minimum atomic E-state index is -0.159. The molecule has 2 rings (SSSR count). The maximum atomic E-state index is 10.1. The van der Waals surface area contributed by atoms with Gasteiger partial charge in [-0.15, -0.1) is 0 Å². The predicted molar refractivity (Wildman–Crippen MR) is 59.8 cm³/mol. The Morgan fingerprint density at radius 1 is 1.07 bits per heavy atom. The average Bonchev–Trinajstić information content (AvgIpc) is 2.25. The van der Waals surface area contributed by atoms with Crippen LogP contribution in [0.1, 0.15) is 25.7 Å². The number of aliphatic hydroxyl groups is 1. The molecule has 0 saturated carbocycles. The number of rotatable bonds is 1. The molecule has 1 N–H and O–H groups in total. The first-order chi connectivity index (χ1) is 7.38. The highest BCUT2D eigenvalue weighted by molar-refractivity contribution is 4.91. The van der Waals surface area contributed by atoms with Gasteiger partial charge in [0.15, 0.2) is 0 Å². The van der Waals surface area contributed by atoms with Crippen LogP contribution in [0.4, 0.5) is 0 Å². The number of allylic oxidation sites excluding steroid dienone is 2. The zero-order valence-electron chi connectivity index (χ0n) is 9.27. The minimum absolute atomic E-state index is 0.159. The van der Waals surface area contributed by atoms with Gasteiger partial charge in [-0.3, -0.25) is 4.90 Å². The lowest BCUT2D eigenvalue weighted by atomic mass is 9.96. The van der Waals surface area contributed by atoms with E-state index >= 15 is 0 Å². The summed E-state index contributed by atoms with van der Waals surface area (Å²) in [7, 11) is 0. The number of aliphatic hydroxyl groups excluding tert-OH is 1. The molecule has 1 aliphatic heterocycles. The molecule has 86 valence electrons. The molecule has 0 spiro atoms. The Bertz CT molecular complexity index is 212. The summed E-state index contributed by atoms with van der Waals surface area (Å²) < 4.78 is 5.34. The SMILES string of the molecule is O[C@H]1CCC=CCC[C@H]1N1CCOCC1. The molecule has 0 aromatic carbocycles. The largest absolute Gasteiger partial charge is 0.391 e. The van der Waals surface area contributed by atoms with Crippen LogP contribution in [0.5, 0.6) is 0 Å². The van der Waals surface area contributed by atoms with Crippen molar-refractivity contribution >= 4 is 0 Å². The van der Waals surface area contributed by atoms with Crippen molar-refractivity contribution in [3.8, 4) is 0 Å². The smallest absolute Gasteiger partial charge is 0.0698 e. The summed E-state index contributed by atoms with van der Waals surface area (Å²) in [5.41, 5.74) is 0. The molecule has 3 nitrogen and oxygen atoms in total. The van der Waals surface area contributed by atoms with E-state index in [9.17, 15) is 5.11 Å². The molecule has 2 aliphatic rings. The van der Waals surface area contributed by atoms with Gasteiger partial charge >= 0.3 is 0 Å². The maximum absolute atomic E-state index is 10.1. The second-order valence-electron chi connectivity index (χ2n) is 4.41. The predicted octanol–water partition coefficient (Wildman–Crippen LogP) is 1.18. The van der Waals surface area contributed by atoms with Crippen molar-refractivity contribution in [2.24, 2.45) is 0 Å². The Morgan fingerprint density at radius 2 is 1.73 bits per heavy atom. The monoisotopic (exact) mass is 211 g/mol. The summed E-state index contributed by atoms with van der Waals surface area (Å²) in [6, 6.07) is 0.346. The lowest BCUT2D eigenvalue weighted by molar-refractivity contribution is -0.0262. The first-order valence-corrected chi connectivity index (χ1v) is 6.03. The Morgan fingerprint density at radius 3 is 2.47 bits per heavy atom. The van der Waals surface area contributed by atoms with Gasteiger partial charge in [-0.2, -0.15) is 0 Å². The first kappa shape index (κ1) is 11.1. The van der Waals surface area contributed by atoms with Crippen molar-refractivity contribution in [2.75, 3.05) is 26.3 Å². The van der Waals surface area contributed by atoms with Crippen LogP contribution >= 0.6 is 0 Å². The van der Waals surface area contributed by atoms with Gasteiger partial charge in [0, 0.05) is 19.1 Å². The molecule has 0 unspecified atom stereocenters. The fourth-order valence-electron chi connectivity index (χ4n) is 2.49. The second-order valence-corrected chi connectivity index (χ2v) is 4.41. The van der Waals surface area contributed by atoms with Crippen molar-refractivity contribution in [3.05, 3.63) is 12.2 Å². The fourth-order valence-corrected chi connectivity index (χ4v) is 2.49. The molecule has 0 aromatic rings. The van der Waals surface area contributed by atoms with E-state index in [4.69, 9.17) is 4.74 Å². The van der Waals surface area contributed by atoms with Gasteiger partial charge in [0.2, 0.25) is 0 Å². The highest BCUT2D eigenvalue weighted by atomic mass is 16.5. The molecule has 1 fully saturated rings. The van der Waals surface area contributed by atoms with E-state index < -0.39 is 0 Å². The zero-order chi connectivity index (χ0) is 10.5. The van der Waals surface area contributed by atoms with Gasteiger partial charge < -0.3 is 9.84 Å². The van der Waals surface area contributed by atoms with Gasteiger partial charge in [-0.05, 0) is 25.7 Å². The number of hydrogen-bond acceptors (Lipinski definition) is 3. The van der Waals surface area contributed by atoms with Crippen LogP contribution < -0.4 is 0 Å². The number of nitrogens with zero attached hydrogens (tertiary/aromatic N) is 1. The van der Waals surface area contributed by atoms with Crippen LogP contribution in [0.25, 0.3) is 0 Å². The van der Waals surface area contributed by atoms with Crippen LogP contribution in [0, 0.1) is 0 Å². The van der Waals surface area contributed by atoms with E-state index in [2.05, 4.69) is 17.1 Å². The Balaban J connectivity index is 1.94. The van der Waals surface area contributed by atoms with Crippen LogP contribution in [0.3, 0.4) is 0 Å². The molecular weight excluding hydrogens is 190 g/mol. The van der Waals surface area contributed by atoms with Crippen LogP contribution in [0.15, 0.2) is 12.2 Å². The summed E-state index contributed by atoms with van der Waals surface area (Å²) >= 11 is 0. The van der Waals surface area contributed by atoms with Crippen molar-refractivity contribution in [1.82, 2.24) is 4.90 Å². The quantitative estimate of drug-likeness (QED) is 0.661. The van der Waals surface area contributed by atoms with E-state index in [1.54, 1.807) is 0 Å². The molecule has 1 heterocycles. The lowest BCUT2D eigenvalue weighted by Crippen LogP contribution is -2.49. The average molecular weight is 211 g/mol. The van der Waals surface area contributed by atoms with E-state index in [1.165, 1.54) is 0 Å². The van der Waals surface area contributed by atoms with Crippen molar-refractivity contribution in [3.63, 3.8) is 0 Å². The molecular formula is C12H21NO2. The number of ether oxygens (including phenoxy) is 1. The van der Waals surface area contributed by atoms with Gasteiger partial charge in [0.25, 0.3) is 0 Å². The molecule has 0 radical (unpaired) electrons. The topological polar surface area (TPSA) is 32.7 Å². The third-order valence-electron chi connectivity index (χ3n) is 3.38. The Kier molecular flexibility index (Phi) is 4.18. The molecule has 0 bridgehead atoms. The number of hydrogen-bond donors (Lipinski definition) is 1. The van der Waals surface area contributed by atoms with Crippen LogP contribution in [-0.2, 0) is 4.74 Å². The number of morpholine rings is 1. The highest BCUT2D eigenvalue weighted by Crippen LogP contribution is 2.19. The fraction of sp³-hybridized carbons (Fsp3) is 0.833. The van der Waals surface area contributed by atoms with Crippen molar-refractivity contribution in [2.45, 2.75) is 37.8 Å². The summed E-state index contributed by atoms with van der Waals surface area (Å²) in [5.74, 6) is 0. The van der Waals surface area contributed by atoms with E-state index in [0.717, 1.165) is 52.0 Å². The standard InChI is InChI=1S/C12H21NO2/c14-12-6-4-2-1-3-5-11(12)13-7-9-15-10-8-13/h1-2,11-12,14H,3-10H2/t11-,12+/m1/s1. The minimum Gasteiger partial charge on any atom is -0.391 e. The first-order valence-electron chi connectivity index (χ1n) is 6.03. The highest BCUT2D eigenvalue weighted by Gasteiger charge is 2.26. The molecule has 2 atom stereocenters. The summed E-state index contributed by atoms with van der Waals surface area (Å²) in [6.45, 7) is 3.59. The van der Waals surface area contributed by atoms with Gasteiger partial charge in [-0.1, -0.05) is 12.2 Å². The summed E-state index contributed by atoms with van der Waals surface area (Å²) in [6.07, 6.45) is 8.38. The van der Waals surface area contributed by atoms with Crippen molar-refractivity contribution < 1.29 is 9.84 Å². The second kappa shape index (κ2) is 5.64. The molecule has 1 aliphatic carbocycles. The van der Waals surface area contributed by atoms with E-state index in [1.807, 2.05) is 0 Å². The molecule has 1 saturated heterocycles. The third-order valence-corrected chi connectivity index (χ3v) is 3.38. The maximum Gasteiger partial charge on any atom is 0.0698 e. The van der Waals surface area contributed by atoms with Gasteiger partial charge in [0.1, 0.15) is 0 Å². The lowest BCUT2D eigenvalue weighted by Gasteiger charge is -2.37. The summed E-state index contributed by atoms with van der Waals surface area (Å²) in [5, 5.41) is 10.1. The molecule has 0 amide bonds. The Labute approximate surface area is 91.7 Å². The van der Waals surface area contributed by atoms with Crippen molar-refractivity contribution in [1.29, 1.82) is 0 Å². The molecule has 15 heavy (non-hydrogen) atoms. The third kappa shape index (κ3) is 3.03. The van der Waals surface area contributed by atoms with Gasteiger partial charge in [-0.25, -0.2) is 0 Å². The molecule has 0 aromatic heterocycles.